The lowest BCUT2D eigenvalue weighted by Crippen LogP contribution is -2.32. The summed E-state index contributed by atoms with van der Waals surface area (Å²) in [7, 11) is 0. The lowest BCUT2D eigenvalue weighted by molar-refractivity contribution is 0.175. The number of halogens is 1. The number of urea groups is 1. The molecule has 110 valence electrons. The first-order valence-electron chi connectivity index (χ1n) is 6.38. The molecule has 0 aromatic heterocycles. The summed E-state index contributed by atoms with van der Waals surface area (Å²) in [5.41, 5.74) is 7.15. The van der Waals surface area contributed by atoms with Gasteiger partial charge >= 0.3 is 6.03 Å². The van der Waals surface area contributed by atoms with Gasteiger partial charge in [0.15, 0.2) is 0 Å². The summed E-state index contributed by atoms with van der Waals surface area (Å²) in [5, 5.41) is 14.9. The molecule has 0 aliphatic carbocycles. The van der Waals surface area contributed by atoms with Gasteiger partial charge in [0.2, 0.25) is 0 Å². The van der Waals surface area contributed by atoms with Crippen molar-refractivity contribution in [1.82, 2.24) is 5.32 Å². The highest BCUT2D eigenvalue weighted by atomic mass is 19.1. The zero-order valence-electron chi connectivity index (χ0n) is 11.2. The van der Waals surface area contributed by atoms with Crippen molar-refractivity contribution in [1.29, 1.82) is 0 Å². The number of aliphatic hydroxyl groups is 1. The number of nitrogens with one attached hydrogen (secondary N) is 2. The van der Waals surface area contributed by atoms with Crippen LogP contribution in [0, 0.1) is 5.82 Å². The first kappa shape index (κ1) is 14.8. The third-order valence-electron chi connectivity index (χ3n) is 2.86. The van der Waals surface area contributed by atoms with Crippen LogP contribution in [-0.2, 0) is 0 Å². The lowest BCUT2D eigenvalue weighted by atomic mass is 10.1. The minimum Gasteiger partial charge on any atom is -0.399 e. The van der Waals surface area contributed by atoms with E-state index in [4.69, 9.17) is 5.73 Å². The van der Waals surface area contributed by atoms with Gasteiger partial charge in [-0.15, -0.1) is 0 Å². The molecular formula is C15H16FN3O2. The molecule has 0 bridgehead atoms. The second kappa shape index (κ2) is 6.71. The predicted molar refractivity (Wildman–Crippen MR) is 79.2 cm³/mol. The molecule has 0 radical (unpaired) electrons. The standard InChI is InChI=1S/C15H16FN3O2/c16-11-2-1-3-13(8-11)19-15(21)18-9-14(20)10-4-6-12(17)7-5-10/h1-8,14,20H,9,17H2,(H2,18,19,21). The van der Waals surface area contributed by atoms with Gasteiger partial charge in [-0.2, -0.15) is 0 Å². The molecule has 6 heteroatoms. The molecule has 5 N–H and O–H groups in total. The maximum absolute atomic E-state index is 13.0. The quantitative estimate of drug-likeness (QED) is 0.651. The molecule has 0 saturated carbocycles. The summed E-state index contributed by atoms with van der Waals surface area (Å²) in [6.07, 6.45) is -0.844. The van der Waals surface area contributed by atoms with Crippen molar-refractivity contribution in [3.05, 3.63) is 59.9 Å². The lowest BCUT2D eigenvalue weighted by Gasteiger charge is -2.13. The van der Waals surface area contributed by atoms with Crippen molar-refractivity contribution in [3.8, 4) is 0 Å². The summed E-state index contributed by atoms with van der Waals surface area (Å²) >= 11 is 0. The first-order chi connectivity index (χ1) is 10.0. The molecule has 0 aliphatic rings. The highest BCUT2D eigenvalue weighted by molar-refractivity contribution is 5.89. The van der Waals surface area contributed by atoms with Gasteiger partial charge in [0.25, 0.3) is 0 Å². The molecule has 2 aromatic carbocycles. The number of carbonyl (C=O) groups is 1. The van der Waals surface area contributed by atoms with E-state index < -0.39 is 18.0 Å². The SMILES string of the molecule is Nc1ccc(C(O)CNC(=O)Nc2cccc(F)c2)cc1. The summed E-state index contributed by atoms with van der Waals surface area (Å²) in [4.78, 5) is 11.6. The zero-order valence-corrected chi connectivity index (χ0v) is 11.2. The van der Waals surface area contributed by atoms with Crippen molar-refractivity contribution in [2.75, 3.05) is 17.6 Å². The van der Waals surface area contributed by atoms with Gasteiger partial charge in [0, 0.05) is 17.9 Å². The van der Waals surface area contributed by atoms with Crippen molar-refractivity contribution in [2.24, 2.45) is 0 Å². The maximum atomic E-state index is 13.0. The number of nitrogen functional groups attached to an aromatic ring is 1. The van der Waals surface area contributed by atoms with Crippen LogP contribution >= 0.6 is 0 Å². The number of hydrogen-bond acceptors (Lipinski definition) is 3. The Kier molecular flexibility index (Phi) is 4.73. The van der Waals surface area contributed by atoms with Crippen LogP contribution < -0.4 is 16.4 Å². The van der Waals surface area contributed by atoms with Crippen LogP contribution in [0.2, 0.25) is 0 Å². The number of rotatable bonds is 4. The van der Waals surface area contributed by atoms with Crippen molar-refractivity contribution in [2.45, 2.75) is 6.10 Å². The van der Waals surface area contributed by atoms with Crippen LogP contribution in [0.5, 0.6) is 0 Å². The molecule has 2 amide bonds. The van der Waals surface area contributed by atoms with Crippen LogP contribution in [0.4, 0.5) is 20.6 Å². The Bertz CT molecular complexity index is 617. The monoisotopic (exact) mass is 289 g/mol. The topological polar surface area (TPSA) is 87.4 Å². The fourth-order valence-electron chi connectivity index (χ4n) is 1.77. The van der Waals surface area contributed by atoms with Crippen LogP contribution in [0.25, 0.3) is 0 Å². The van der Waals surface area contributed by atoms with Crippen molar-refractivity contribution < 1.29 is 14.3 Å². The zero-order chi connectivity index (χ0) is 15.2. The Labute approximate surface area is 121 Å². The predicted octanol–water partition coefficient (Wildman–Crippen LogP) is 2.26. The van der Waals surface area contributed by atoms with E-state index in [-0.39, 0.29) is 6.54 Å². The van der Waals surface area contributed by atoms with Gasteiger partial charge < -0.3 is 21.5 Å². The average molecular weight is 289 g/mol. The van der Waals surface area contributed by atoms with Gasteiger partial charge in [0.05, 0.1) is 6.10 Å². The number of benzene rings is 2. The van der Waals surface area contributed by atoms with Crippen molar-refractivity contribution in [3.63, 3.8) is 0 Å². The molecule has 0 heterocycles. The van der Waals surface area contributed by atoms with E-state index in [2.05, 4.69) is 10.6 Å². The Morgan fingerprint density at radius 2 is 1.95 bits per heavy atom. The molecular weight excluding hydrogens is 273 g/mol. The highest BCUT2D eigenvalue weighted by Gasteiger charge is 2.09. The van der Waals surface area contributed by atoms with Crippen LogP contribution in [0.1, 0.15) is 11.7 Å². The number of nitrogens with two attached hydrogens (primary N) is 1. The normalized spacial score (nSPS) is 11.7. The minimum absolute atomic E-state index is 0.0328. The van der Waals surface area contributed by atoms with E-state index in [1.54, 1.807) is 30.3 Å². The van der Waals surface area contributed by atoms with Gasteiger partial charge in [-0.25, -0.2) is 9.18 Å². The maximum Gasteiger partial charge on any atom is 0.319 e. The Balaban J connectivity index is 1.84. The van der Waals surface area contributed by atoms with Gasteiger partial charge in [-0.3, -0.25) is 0 Å². The fraction of sp³-hybridized carbons (Fsp3) is 0.133. The molecule has 0 fully saturated rings. The largest absolute Gasteiger partial charge is 0.399 e. The second-order valence-corrected chi connectivity index (χ2v) is 4.53. The Hall–Kier alpha value is -2.60. The number of carbonyl (C=O) groups excluding carboxylic acids is 1. The van der Waals surface area contributed by atoms with E-state index in [0.29, 0.717) is 16.9 Å². The Morgan fingerprint density at radius 1 is 1.24 bits per heavy atom. The van der Waals surface area contributed by atoms with Crippen molar-refractivity contribution >= 4 is 17.4 Å². The molecule has 1 atom stereocenters. The molecule has 21 heavy (non-hydrogen) atoms. The smallest absolute Gasteiger partial charge is 0.319 e. The van der Waals surface area contributed by atoms with Crippen LogP contribution in [0.15, 0.2) is 48.5 Å². The Morgan fingerprint density at radius 3 is 2.62 bits per heavy atom. The van der Waals surface area contributed by atoms with E-state index in [1.807, 2.05) is 0 Å². The molecule has 0 aliphatic heterocycles. The molecule has 0 spiro atoms. The van der Waals surface area contributed by atoms with Crippen LogP contribution in [0.3, 0.4) is 0 Å². The highest BCUT2D eigenvalue weighted by Crippen LogP contribution is 2.14. The molecule has 1 unspecified atom stereocenters. The second-order valence-electron chi connectivity index (χ2n) is 4.53. The van der Waals surface area contributed by atoms with E-state index >= 15 is 0 Å². The fourth-order valence-corrected chi connectivity index (χ4v) is 1.77. The van der Waals surface area contributed by atoms with E-state index in [1.165, 1.54) is 18.2 Å². The number of amides is 2. The van der Waals surface area contributed by atoms with Gasteiger partial charge in [-0.05, 0) is 35.9 Å². The summed E-state index contributed by atoms with van der Waals surface area (Å²) < 4.78 is 13.0. The molecule has 2 rings (SSSR count). The number of hydrogen-bond donors (Lipinski definition) is 4. The molecule has 0 saturated heterocycles. The summed E-state index contributed by atoms with van der Waals surface area (Å²) in [5.74, 6) is -0.435. The number of anilines is 2. The van der Waals surface area contributed by atoms with Gasteiger partial charge in [-0.1, -0.05) is 18.2 Å². The average Bonchev–Trinajstić information content (AvgIpc) is 2.45. The van der Waals surface area contributed by atoms with Gasteiger partial charge in [0.1, 0.15) is 5.82 Å². The number of aliphatic hydroxyl groups excluding tert-OH is 1. The third-order valence-corrected chi connectivity index (χ3v) is 2.86. The molecule has 5 nitrogen and oxygen atoms in total. The van der Waals surface area contributed by atoms with E-state index in [0.717, 1.165) is 0 Å². The third kappa shape index (κ3) is 4.47. The minimum atomic E-state index is -0.844. The molecule has 2 aromatic rings. The summed E-state index contributed by atoms with van der Waals surface area (Å²) in [6, 6.07) is 11.8. The van der Waals surface area contributed by atoms with Crippen LogP contribution in [-0.4, -0.2) is 17.7 Å². The first-order valence-corrected chi connectivity index (χ1v) is 6.38. The van der Waals surface area contributed by atoms with E-state index in [9.17, 15) is 14.3 Å². The summed E-state index contributed by atoms with van der Waals surface area (Å²) in [6.45, 7) is 0.0328.